The van der Waals surface area contributed by atoms with Crippen molar-refractivity contribution >= 4 is 6.03 Å². The molecule has 2 unspecified atom stereocenters. The first kappa shape index (κ1) is 12.1. The number of hydrogen-bond donors (Lipinski definition) is 3. The molecule has 0 spiro atoms. The molecule has 7 heteroatoms. The maximum absolute atomic E-state index is 11.8. The first-order chi connectivity index (χ1) is 6.88. The van der Waals surface area contributed by atoms with Gasteiger partial charge in [0, 0.05) is 12.6 Å². The highest BCUT2D eigenvalue weighted by atomic mass is 19.4. The zero-order valence-electron chi connectivity index (χ0n) is 8.32. The number of carbonyl (C=O) groups excluding carboxylic acids is 1. The zero-order valence-corrected chi connectivity index (χ0v) is 8.32. The molecule has 3 N–H and O–H groups in total. The third kappa shape index (κ3) is 4.37. The Hall–Kier alpha value is -0.980. The molecule has 1 aliphatic heterocycles. The first-order valence-electron chi connectivity index (χ1n) is 4.70. The molecular weight excluding hydrogens is 211 g/mol. The molecule has 1 saturated heterocycles. The van der Waals surface area contributed by atoms with E-state index in [0.29, 0.717) is 6.54 Å². The number of nitrogens with one attached hydrogen (secondary N) is 3. The minimum atomic E-state index is -4.36. The van der Waals surface area contributed by atoms with Crippen LogP contribution < -0.4 is 16.0 Å². The Labute approximate surface area is 85.6 Å². The van der Waals surface area contributed by atoms with Crippen LogP contribution in [0.25, 0.3) is 0 Å². The summed E-state index contributed by atoms with van der Waals surface area (Å²) in [5, 5.41) is 7.29. The average molecular weight is 225 g/mol. The van der Waals surface area contributed by atoms with Crippen molar-refractivity contribution in [3.8, 4) is 0 Å². The molecule has 1 heterocycles. The van der Waals surface area contributed by atoms with Gasteiger partial charge in [0.1, 0.15) is 6.54 Å². The molecule has 0 radical (unpaired) electrons. The lowest BCUT2D eigenvalue weighted by Gasteiger charge is -2.17. The fourth-order valence-electron chi connectivity index (χ4n) is 1.40. The van der Waals surface area contributed by atoms with Gasteiger partial charge in [-0.3, -0.25) is 0 Å². The van der Waals surface area contributed by atoms with Gasteiger partial charge in [0.2, 0.25) is 0 Å². The van der Waals surface area contributed by atoms with Crippen LogP contribution in [0.4, 0.5) is 18.0 Å². The van der Waals surface area contributed by atoms with E-state index >= 15 is 0 Å². The van der Waals surface area contributed by atoms with E-state index in [-0.39, 0.29) is 12.0 Å². The average Bonchev–Trinajstić information content (AvgIpc) is 2.47. The second kappa shape index (κ2) is 4.69. The third-order valence-corrected chi connectivity index (χ3v) is 2.28. The molecule has 0 aliphatic carbocycles. The molecule has 15 heavy (non-hydrogen) atoms. The minimum absolute atomic E-state index is 0.0989. The normalized spacial score (nSPS) is 26.4. The fourth-order valence-corrected chi connectivity index (χ4v) is 1.40. The number of halogens is 3. The number of amides is 2. The van der Waals surface area contributed by atoms with E-state index in [1.54, 1.807) is 5.32 Å². The standard InChI is InChI=1S/C8H14F3N3O/c1-5-2-12-3-6(5)14-7(15)13-4-8(9,10)11/h5-6,12H,2-4H2,1H3,(H2,13,14,15). The summed E-state index contributed by atoms with van der Waals surface area (Å²) in [5.41, 5.74) is 0. The topological polar surface area (TPSA) is 53.2 Å². The molecule has 88 valence electrons. The van der Waals surface area contributed by atoms with E-state index in [4.69, 9.17) is 0 Å². The van der Waals surface area contributed by atoms with Crippen LogP contribution in [0.1, 0.15) is 6.92 Å². The minimum Gasteiger partial charge on any atom is -0.334 e. The van der Waals surface area contributed by atoms with Crippen LogP contribution in [-0.2, 0) is 0 Å². The third-order valence-electron chi connectivity index (χ3n) is 2.28. The van der Waals surface area contributed by atoms with Crippen molar-refractivity contribution in [2.75, 3.05) is 19.6 Å². The molecule has 0 saturated carbocycles. The Bertz CT molecular complexity index is 232. The van der Waals surface area contributed by atoms with Crippen LogP contribution in [-0.4, -0.2) is 37.9 Å². The zero-order chi connectivity index (χ0) is 11.5. The molecule has 4 nitrogen and oxygen atoms in total. The molecule has 0 aromatic carbocycles. The quantitative estimate of drug-likeness (QED) is 0.639. The van der Waals surface area contributed by atoms with Crippen LogP contribution in [0.15, 0.2) is 0 Å². The number of urea groups is 1. The van der Waals surface area contributed by atoms with Gasteiger partial charge < -0.3 is 16.0 Å². The van der Waals surface area contributed by atoms with Gasteiger partial charge in [-0.15, -0.1) is 0 Å². The van der Waals surface area contributed by atoms with Crippen molar-refractivity contribution in [1.82, 2.24) is 16.0 Å². The predicted molar refractivity (Wildman–Crippen MR) is 48.4 cm³/mol. The lowest BCUT2D eigenvalue weighted by Crippen LogP contribution is -2.47. The summed E-state index contributed by atoms with van der Waals surface area (Å²) in [6.07, 6.45) is -4.36. The van der Waals surface area contributed by atoms with Gasteiger partial charge in [-0.05, 0) is 12.5 Å². The van der Waals surface area contributed by atoms with Crippen LogP contribution in [0.2, 0.25) is 0 Å². The molecular formula is C8H14F3N3O. The summed E-state index contributed by atoms with van der Waals surface area (Å²) in [6.45, 7) is 1.99. The Morgan fingerprint density at radius 1 is 1.47 bits per heavy atom. The van der Waals surface area contributed by atoms with E-state index in [9.17, 15) is 18.0 Å². The van der Waals surface area contributed by atoms with Gasteiger partial charge in [0.15, 0.2) is 0 Å². The van der Waals surface area contributed by atoms with Gasteiger partial charge in [-0.25, -0.2) is 4.79 Å². The van der Waals surface area contributed by atoms with Gasteiger partial charge in [-0.1, -0.05) is 6.92 Å². The van der Waals surface area contributed by atoms with Crippen molar-refractivity contribution in [3.63, 3.8) is 0 Å². The highest BCUT2D eigenvalue weighted by Gasteiger charge is 2.29. The smallest absolute Gasteiger partial charge is 0.334 e. The Kier molecular flexibility index (Phi) is 3.78. The van der Waals surface area contributed by atoms with Crippen LogP contribution in [0.3, 0.4) is 0 Å². The number of rotatable bonds is 2. The summed E-state index contributed by atoms with van der Waals surface area (Å²) in [4.78, 5) is 11.0. The van der Waals surface area contributed by atoms with Crippen molar-refractivity contribution in [2.24, 2.45) is 5.92 Å². The van der Waals surface area contributed by atoms with Gasteiger partial charge >= 0.3 is 12.2 Å². The molecule has 1 fully saturated rings. The summed E-state index contributed by atoms with van der Waals surface area (Å²) in [5.74, 6) is 0.238. The molecule has 1 aliphatic rings. The fraction of sp³-hybridized carbons (Fsp3) is 0.875. The van der Waals surface area contributed by atoms with E-state index < -0.39 is 18.8 Å². The number of hydrogen-bond acceptors (Lipinski definition) is 2. The van der Waals surface area contributed by atoms with Crippen molar-refractivity contribution < 1.29 is 18.0 Å². The van der Waals surface area contributed by atoms with E-state index in [2.05, 4.69) is 10.6 Å². The maximum atomic E-state index is 11.8. The molecule has 2 atom stereocenters. The lowest BCUT2D eigenvalue weighted by atomic mass is 10.1. The Balaban J connectivity index is 2.24. The Morgan fingerprint density at radius 2 is 2.13 bits per heavy atom. The predicted octanol–water partition coefficient (Wildman–Crippen LogP) is 0.456. The number of alkyl halides is 3. The highest BCUT2D eigenvalue weighted by molar-refractivity contribution is 5.74. The second-order valence-electron chi connectivity index (χ2n) is 3.68. The van der Waals surface area contributed by atoms with Crippen molar-refractivity contribution in [3.05, 3.63) is 0 Å². The highest BCUT2D eigenvalue weighted by Crippen LogP contribution is 2.12. The molecule has 2 amide bonds. The van der Waals surface area contributed by atoms with Crippen LogP contribution in [0, 0.1) is 5.92 Å². The van der Waals surface area contributed by atoms with Gasteiger partial charge in [0.05, 0.1) is 0 Å². The van der Waals surface area contributed by atoms with E-state index in [1.165, 1.54) is 0 Å². The molecule has 0 aromatic rings. The molecule has 0 bridgehead atoms. The number of carbonyl (C=O) groups is 1. The lowest BCUT2D eigenvalue weighted by molar-refractivity contribution is -0.122. The molecule has 0 aromatic heterocycles. The Morgan fingerprint density at radius 3 is 2.60 bits per heavy atom. The van der Waals surface area contributed by atoms with E-state index in [1.807, 2.05) is 6.92 Å². The van der Waals surface area contributed by atoms with Crippen LogP contribution in [0.5, 0.6) is 0 Å². The summed E-state index contributed by atoms with van der Waals surface area (Å²) < 4.78 is 35.3. The SMILES string of the molecule is CC1CNCC1NC(=O)NCC(F)(F)F. The summed E-state index contributed by atoms with van der Waals surface area (Å²) in [6, 6.07) is -0.869. The van der Waals surface area contributed by atoms with Gasteiger partial charge in [-0.2, -0.15) is 13.2 Å². The summed E-state index contributed by atoms with van der Waals surface area (Å²) >= 11 is 0. The maximum Gasteiger partial charge on any atom is 0.405 e. The molecule has 1 rings (SSSR count). The van der Waals surface area contributed by atoms with Crippen LogP contribution >= 0.6 is 0 Å². The summed E-state index contributed by atoms with van der Waals surface area (Å²) in [7, 11) is 0. The first-order valence-corrected chi connectivity index (χ1v) is 4.70. The monoisotopic (exact) mass is 225 g/mol. The van der Waals surface area contributed by atoms with Crippen molar-refractivity contribution in [2.45, 2.75) is 19.1 Å². The largest absolute Gasteiger partial charge is 0.405 e. The van der Waals surface area contributed by atoms with E-state index in [0.717, 1.165) is 6.54 Å². The van der Waals surface area contributed by atoms with Crippen molar-refractivity contribution in [1.29, 1.82) is 0 Å². The van der Waals surface area contributed by atoms with Gasteiger partial charge in [0.25, 0.3) is 0 Å². The second-order valence-corrected chi connectivity index (χ2v) is 3.68.